The van der Waals surface area contributed by atoms with Crippen LogP contribution in [-0.2, 0) is 6.18 Å². The second-order valence-corrected chi connectivity index (χ2v) is 5.54. The standard InChI is InChI=1S/C13H14F3N3O2/c14-13(15,16)11-3-10(1-2-12(11)19(20)21)18-6-8-4-17-5-9(8)7-18/h1-3,8-9,17H,4-7H2. The molecule has 0 aromatic heterocycles. The van der Waals surface area contributed by atoms with E-state index < -0.39 is 22.4 Å². The summed E-state index contributed by atoms with van der Waals surface area (Å²) in [6.07, 6.45) is -4.73. The molecule has 2 heterocycles. The molecular formula is C13H14F3N3O2. The Kier molecular flexibility index (Phi) is 3.27. The lowest BCUT2D eigenvalue weighted by atomic mass is 10.0. The molecule has 2 aliphatic heterocycles. The Hall–Kier alpha value is -1.83. The number of halogens is 3. The molecule has 21 heavy (non-hydrogen) atoms. The summed E-state index contributed by atoms with van der Waals surface area (Å²) in [6.45, 7) is 3.13. The van der Waals surface area contributed by atoms with Crippen molar-refractivity contribution in [1.82, 2.24) is 5.32 Å². The van der Waals surface area contributed by atoms with Crippen molar-refractivity contribution in [2.45, 2.75) is 6.18 Å². The van der Waals surface area contributed by atoms with Gasteiger partial charge in [-0.3, -0.25) is 10.1 Å². The van der Waals surface area contributed by atoms with Crippen LogP contribution in [0.15, 0.2) is 18.2 Å². The SMILES string of the molecule is O=[N+]([O-])c1ccc(N2CC3CNCC3C2)cc1C(F)(F)F. The molecule has 1 aromatic carbocycles. The maximum Gasteiger partial charge on any atom is 0.423 e. The highest BCUT2D eigenvalue weighted by Gasteiger charge is 2.40. The van der Waals surface area contributed by atoms with Crippen molar-refractivity contribution < 1.29 is 18.1 Å². The van der Waals surface area contributed by atoms with E-state index in [1.54, 1.807) is 0 Å². The van der Waals surface area contributed by atoms with Gasteiger partial charge in [0.15, 0.2) is 0 Å². The van der Waals surface area contributed by atoms with Gasteiger partial charge >= 0.3 is 6.18 Å². The lowest BCUT2D eigenvalue weighted by Gasteiger charge is -2.21. The van der Waals surface area contributed by atoms with Gasteiger partial charge in [-0.15, -0.1) is 0 Å². The Labute approximate surface area is 118 Å². The minimum atomic E-state index is -4.73. The Balaban J connectivity index is 1.92. The first kappa shape index (κ1) is 14.1. The first-order chi connectivity index (χ1) is 9.86. The fraction of sp³-hybridized carbons (Fsp3) is 0.538. The van der Waals surface area contributed by atoms with Crippen LogP contribution in [0.3, 0.4) is 0 Å². The molecular weight excluding hydrogens is 287 g/mol. The number of hydrogen-bond acceptors (Lipinski definition) is 4. The topological polar surface area (TPSA) is 58.4 Å². The minimum Gasteiger partial charge on any atom is -0.371 e. The van der Waals surface area contributed by atoms with Gasteiger partial charge in [-0.2, -0.15) is 13.2 Å². The van der Waals surface area contributed by atoms with Crippen molar-refractivity contribution in [3.8, 4) is 0 Å². The number of nitrogens with zero attached hydrogens (tertiary/aromatic N) is 2. The van der Waals surface area contributed by atoms with Gasteiger partial charge in [0, 0.05) is 37.9 Å². The highest BCUT2D eigenvalue weighted by molar-refractivity contribution is 5.57. The van der Waals surface area contributed by atoms with Crippen molar-refractivity contribution in [2.24, 2.45) is 11.8 Å². The highest BCUT2D eigenvalue weighted by atomic mass is 19.4. The Morgan fingerprint density at radius 3 is 2.38 bits per heavy atom. The molecule has 0 amide bonds. The summed E-state index contributed by atoms with van der Waals surface area (Å²) >= 11 is 0. The number of benzene rings is 1. The van der Waals surface area contributed by atoms with Crippen LogP contribution in [0.25, 0.3) is 0 Å². The van der Waals surface area contributed by atoms with Crippen LogP contribution < -0.4 is 10.2 Å². The van der Waals surface area contributed by atoms with Gasteiger partial charge in [0.1, 0.15) is 5.56 Å². The van der Waals surface area contributed by atoms with E-state index in [4.69, 9.17) is 0 Å². The van der Waals surface area contributed by atoms with Gasteiger partial charge in [0.2, 0.25) is 0 Å². The van der Waals surface area contributed by atoms with E-state index in [9.17, 15) is 23.3 Å². The average Bonchev–Trinajstić information content (AvgIpc) is 2.97. The van der Waals surface area contributed by atoms with Crippen LogP contribution in [0.2, 0.25) is 0 Å². The van der Waals surface area contributed by atoms with Gasteiger partial charge in [0.25, 0.3) is 5.69 Å². The number of nitro groups is 1. The van der Waals surface area contributed by atoms with E-state index in [1.807, 2.05) is 4.90 Å². The summed E-state index contributed by atoms with van der Waals surface area (Å²) in [7, 11) is 0. The number of hydrogen-bond donors (Lipinski definition) is 1. The second kappa shape index (κ2) is 4.87. The smallest absolute Gasteiger partial charge is 0.371 e. The molecule has 2 unspecified atom stereocenters. The van der Waals surface area contributed by atoms with E-state index in [-0.39, 0.29) is 0 Å². The maximum absolute atomic E-state index is 13.0. The van der Waals surface area contributed by atoms with Crippen LogP contribution >= 0.6 is 0 Å². The number of nitro benzene ring substituents is 1. The van der Waals surface area contributed by atoms with Crippen molar-refractivity contribution in [1.29, 1.82) is 0 Å². The molecule has 0 radical (unpaired) electrons. The van der Waals surface area contributed by atoms with Gasteiger partial charge < -0.3 is 10.2 Å². The van der Waals surface area contributed by atoms with Crippen LogP contribution in [0.4, 0.5) is 24.5 Å². The van der Waals surface area contributed by atoms with Gasteiger partial charge in [-0.1, -0.05) is 0 Å². The largest absolute Gasteiger partial charge is 0.423 e. The summed E-state index contributed by atoms with van der Waals surface area (Å²) in [6, 6.07) is 3.25. The molecule has 0 saturated carbocycles. The predicted octanol–water partition coefficient (Wildman–Crippen LogP) is 2.27. The quantitative estimate of drug-likeness (QED) is 0.672. The predicted molar refractivity (Wildman–Crippen MR) is 70.2 cm³/mol. The van der Waals surface area contributed by atoms with Crippen LogP contribution in [0.5, 0.6) is 0 Å². The molecule has 2 fully saturated rings. The summed E-state index contributed by atoms with van der Waals surface area (Å²) in [4.78, 5) is 11.6. The van der Waals surface area contributed by atoms with Gasteiger partial charge in [-0.25, -0.2) is 0 Å². The zero-order chi connectivity index (χ0) is 15.2. The lowest BCUT2D eigenvalue weighted by Crippen LogP contribution is -2.25. The molecule has 0 spiro atoms. The van der Waals surface area contributed by atoms with E-state index in [2.05, 4.69) is 5.32 Å². The molecule has 8 heteroatoms. The lowest BCUT2D eigenvalue weighted by molar-refractivity contribution is -0.388. The Morgan fingerprint density at radius 1 is 1.24 bits per heavy atom. The van der Waals surface area contributed by atoms with Gasteiger partial charge in [0.05, 0.1) is 4.92 Å². The molecule has 114 valence electrons. The molecule has 3 rings (SSSR count). The fourth-order valence-electron chi connectivity index (χ4n) is 3.17. The number of anilines is 1. The average molecular weight is 301 g/mol. The summed E-state index contributed by atoms with van der Waals surface area (Å²) in [5.74, 6) is 0.879. The van der Waals surface area contributed by atoms with E-state index in [0.29, 0.717) is 30.6 Å². The third-order valence-corrected chi connectivity index (χ3v) is 4.24. The van der Waals surface area contributed by atoms with Crippen LogP contribution in [0.1, 0.15) is 5.56 Å². The summed E-state index contributed by atoms with van der Waals surface area (Å²) in [5, 5.41) is 14.0. The maximum atomic E-state index is 13.0. The first-order valence-corrected chi connectivity index (χ1v) is 6.67. The number of alkyl halides is 3. The zero-order valence-electron chi connectivity index (χ0n) is 11.1. The summed E-state index contributed by atoms with van der Waals surface area (Å²) in [5.41, 5.74) is -1.67. The minimum absolute atomic E-state index is 0.405. The summed E-state index contributed by atoms with van der Waals surface area (Å²) < 4.78 is 38.9. The van der Waals surface area contributed by atoms with E-state index >= 15 is 0 Å². The molecule has 2 atom stereocenters. The molecule has 0 aliphatic carbocycles. The van der Waals surface area contributed by atoms with E-state index in [0.717, 1.165) is 25.2 Å². The Morgan fingerprint density at radius 2 is 1.86 bits per heavy atom. The Bertz CT molecular complexity index is 564. The number of rotatable bonds is 2. The first-order valence-electron chi connectivity index (χ1n) is 6.67. The molecule has 1 N–H and O–H groups in total. The van der Waals surface area contributed by atoms with Gasteiger partial charge in [-0.05, 0) is 24.0 Å². The highest BCUT2D eigenvalue weighted by Crippen LogP contribution is 2.39. The normalized spacial score (nSPS) is 25.2. The third-order valence-electron chi connectivity index (χ3n) is 4.24. The van der Waals surface area contributed by atoms with Crippen molar-refractivity contribution in [3.05, 3.63) is 33.9 Å². The molecule has 2 aliphatic rings. The number of fused-ring (bicyclic) bond motifs is 1. The monoisotopic (exact) mass is 301 g/mol. The molecule has 0 bridgehead atoms. The second-order valence-electron chi connectivity index (χ2n) is 5.54. The van der Waals surface area contributed by atoms with Crippen LogP contribution in [-0.4, -0.2) is 31.1 Å². The van der Waals surface area contributed by atoms with E-state index in [1.165, 1.54) is 6.07 Å². The molecule has 1 aromatic rings. The molecule has 5 nitrogen and oxygen atoms in total. The van der Waals surface area contributed by atoms with Crippen molar-refractivity contribution in [3.63, 3.8) is 0 Å². The zero-order valence-corrected chi connectivity index (χ0v) is 11.1. The molecule has 2 saturated heterocycles. The fourth-order valence-corrected chi connectivity index (χ4v) is 3.17. The third kappa shape index (κ3) is 2.55. The van der Waals surface area contributed by atoms with Crippen molar-refractivity contribution >= 4 is 11.4 Å². The number of nitrogens with one attached hydrogen (secondary N) is 1. The van der Waals surface area contributed by atoms with Crippen LogP contribution in [0, 0.1) is 22.0 Å². The van der Waals surface area contributed by atoms with Crippen molar-refractivity contribution in [2.75, 3.05) is 31.1 Å².